The van der Waals surface area contributed by atoms with Crippen molar-refractivity contribution in [1.82, 2.24) is 14.5 Å². The van der Waals surface area contributed by atoms with Crippen LogP contribution in [-0.4, -0.2) is 28.3 Å². The van der Waals surface area contributed by atoms with Gasteiger partial charge in [0.05, 0.1) is 12.7 Å². The molecule has 0 unspecified atom stereocenters. The smallest absolute Gasteiger partial charge is 0.231 e. The molecule has 0 fully saturated rings. The summed E-state index contributed by atoms with van der Waals surface area (Å²) in [5, 5.41) is 0.650. The molecule has 1 aromatic heterocycles. The second-order valence-electron chi connectivity index (χ2n) is 4.92. The summed E-state index contributed by atoms with van der Waals surface area (Å²) < 4.78 is 12.6. The highest BCUT2D eigenvalue weighted by Crippen LogP contribution is 2.32. The van der Waals surface area contributed by atoms with Crippen LogP contribution in [0.4, 0.5) is 0 Å². The minimum Gasteiger partial charge on any atom is -0.454 e. The number of halogens is 1. The monoisotopic (exact) mass is 293 g/mol. The molecule has 106 valence electrons. The Morgan fingerprint density at radius 2 is 2.10 bits per heavy atom. The van der Waals surface area contributed by atoms with Gasteiger partial charge in [0.1, 0.15) is 11.0 Å². The van der Waals surface area contributed by atoms with Crippen molar-refractivity contribution in [1.29, 1.82) is 0 Å². The van der Waals surface area contributed by atoms with E-state index >= 15 is 0 Å². The average molecular weight is 294 g/mol. The lowest BCUT2D eigenvalue weighted by atomic mass is 10.2. The standard InChI is InChI=1S/C14H16ClN3O2/c1-17(8-14-16-6-13(15)18(14)2)7-10-3-4-11-12(5-10)20-9-19-11/h3-6H,7-9H2,1-2H3. The Balaban J connectivity index is 1.67. The second-order valence-corrected chi connectivity index (χ2v) is 5.30. The van der Waals surface area contributed by atoms with Gasteiger partial charge in [0.15, 0.2) is 11.5 Å². The largest absolute Gasteiger partial charge is 0.454 e. The van der Waals surface area contributed by atoms with E-state index in [-0.39, 0.29) is 0 Å². The number of hydrogen-bond donors (Lipinski definition) is 0. The maximum atomic E-state index is 5.99. The summed E-state index contributed by atoms with van der Waals surface area (Å²) in [6, 6.07) is 6.02. The van der Waals surface area contributed by atoms with Crippen LogP contribution in [0, 0.1) is 0 Å². The lowest BCUT2D eigenvalue weighted by Gasteiger charge is -2.16. The molecule has 0 radical (unpaired) electrons. The fourth-order valence-corrected chi connectivity index (χ4v) is 2.37. The predicted molar refractivity (Wildman–Crippen MR) is 76.0 cm³/mol. The first-order chi connectivity index (χ1) is 9.63. The Bertz CT molecular complexity index is 627. The van der Waals surface area contributed by atoms with Gasteiger partial charge in [-0.3, -0.25) is 4.90 Å². The molecule has 20 heavy (non-hydrogen) atoms. The molecule has 3 rings (SSSR count). The Morgan fingerprint density at radius 3 is 2.85 bits per heavy atom. The van der Waals surface area contributed by atoms with Gasteiger partial charge in [-0.2, -0.15) is 0 Å². The van der Waals surface area contributed by atoms with Crippen molar-refractivity contribution in [2.24, 2.45) is 7.05 Å². The van der Waals surface area contributed by atoms with Gasteiger partial charge in [0.2, 0.25) is 6.79 Å². The van der Waals surface area contributed by atoms with E-state index < -0.39 is 0 Å². The third-order valence-electron chi connectivity index (χ3n) is 3.33. The van der Waals surface area contributed by atoms with E-state index in [1.807, 2.05) is 30.8 Å². The molecule has 0 amide bonds. The van der Waals surface area contributed by atoms with E-state index in [9.17, 15) is 0 Å². The van der Waals surface area contributed by atoms with E-state index in [1.165, 1.54) is 5.56 Å². The predicted octanol–water partition coefficient (Wildman–Crippen LogP) is 2.43. The van der Waals surface area contributed by atoms with Gasteiger partial charge in [0, 0.05) is 13.6 Å². The molecule has 0 N–H and O–H groups in total. The van der Waals surface area contributed by atoms with Gasteiger partial charge >= 0.3 is 0 Å². The summed E-state index contributed by atoms with van der Waals surface area (Å²) in [6.45, 7) is 1.85. The third-order valence-corrected chi connectivity index (χ3v) is 3.68. The SMILES string of the molecule is CN(Cc1ccc2c(c1)OCO2)Cc1ncc(Cl)n1C. The van der Waals surface area contributed by atoms with Crippen LogP contribution >= 0.6 is 11.6 Å². The first-order valence-electron chi connectivity index (χ1n) is 6.36. The van der Waals surface area contributed by atoms with Gasteiger partial charge in [0.25, 0.3) is 0 Å². The van der Waals surface area contributed by atoms with Gasteiger partial charge < -0.3 is 14.0 Å². The van der Waals surface area contributed by atoms with Crippen LogP contribution in [0.1, 0.15) is 11.4 Å². The van der Waals surface area contributed by atoms with Crippen molar-refractivity contribution in [2.45, 2.75) is 13.1 Å². The zero-order chi connectivity index (χ0) is 14.1. The van der Waals surface area contributed by atoms with E-state index in [4.69, 9.17) is 21.1 Å². The number of rotatable bonds is 4. The molecular formula is C14H16ClN3O2. The average Bonchev–Trinajstić information content (AvgIpc) is 3.00. The van der Waals surface area contributed by atoms with Crippen molar-refractivity contribution in [2.75, 3.05) is 13.8 Å². The number of nitrogens with zero attached hydrogens (tertiary/aromatic N) is 3. The van der Waals surface area contributed by atoms with E-state index in [2.05, 4.69) is 16.0 Å². The lowest BCUT2D eigenvalue weighted by molar-refractivity contribution is 0.174. The topological polar surface area (TPSA) is 39.5 Å². The normalized spacial score (nSPS) is 13.2. The number of imidazole rings is 1. The highest BCUT2D eigenvalue weighted by Gasteiger charge is 2.14. The van der Waals surface area contributed by atoms with Crippen molar-refractivity contribution in [3.63, 3.8) is 0 Å². The summed E-state index contributed by atoms with van der Waals surface area (Å²) in [6.07, 6.45) is 1.67. The molecule has 0 atom stereocenters. The van der Waals surface area contributed by atoms with Crippen LogP contribution in [0.25, 0.3) is 0 Å². The summed E-state index contributed by atoms with van der Waals surface area (Å²) in [4.78, 5) is 6.48. The molecule has 2 heterocycles. The Labute approximate surface area is 122 Å². The summed E-state index contributed by atoms with van der Waals surface area (Å²) in [5.41, 5.74) is 1.18. The number of ether oxygens (including phenoxy) is 2. The molecule has 1 aromatic carbocycles. The van der Waals surface area contributed by atoms with E-state index in [0.29, 0.717) is 11.9 Å². The highest BCUT2D eigenvalue weighted by atomic mass is 35.5. The molecule has 0 saturated carbocycles. The van der Waals surface area contributed by atoms with Gasteiger partial charge in [-0.1, -0.05) is 17.7 Å². The van der Waals surface area contributed by atoms with E-state index in [1.54, 1.807) is 6.20 Å². The lowest BCUT2D eigenvalue weighted by Crippen LogP contribution is -2.19. The maximum absolute atomic E-state index is 5.99. The van der Waals surface area contributed by atoms with Crippen molar-refractivity contribution >= 4 is 11.6 Å². The van der Waals surface area contributed by atoms with Gasteiger partial charge in [-0.05, 0) is 24.7 Å². The molecule has 1 aliphatic rings. The van der Waals surface area contributed by atoms with Crippen LogP contribution in [-0.2, 0) is 20.1 Å². The first kappa shape index (κ1) is 13.3. The molecule has 6 heteroatoms. The van der Waals surface area contributed by atoms with Crippen molar-refractivity contribution in [3.8, 4) is 11.5 Å². The van der Waals surface area contributed by atoms with E-state index in [0.717, 1.165) is 30.4 Å². The molecule has 0 aliphatic carbocycles. The molecule has 5 nitrogen and oxygen atoms in total. The summed E-state index contributed by atoms with van der Waals surface area (Å²) in [7, 11) is 3.96. The summed E-state index contributed by atoms with van der Waals surface area (Å²) >= 11 is 5.99. The molecule has 0 bridgehead atoms. The minimum atomic E-state index is 0.306. The fraction of sp³-hybridized carbons (Fsp3) is 0.357. The first-order valence-corrected chi connectivity index (χ1v) is 6.74. The number of benzene rings is 1. The van der Waals surface area contributed by atoms with Crippen LogP contribution < -0.4 is 9.47 Å². The van der Waals surface area contributed by atoms with Crippen molar-refractivity contribution < 1.29 is 9.47 Å². The third kappa shape index (κ3) is 2.59. The Hall–Kier alpha value is -1.72. The summed E-state index contributed by atoms with van der Waals surface area (Å²) in [5.74, 6) is 2.57. The van der Waals surface area contributed by atoms with Crippen molar-refractivity contribution in [3.05, 3.63) is 40.9 Å². The number of fused-ring (bicyclic) bond motifs is 1. The van der Waals surface area contributed by atoms with Gasteiger partial charge in [-0.15, -0.1) is 0 Å². The molecule has 1 aliphatic heterocycles. The van der Waals surface area contributed by atoms with Crippen LogP contribution in [0.15, 0.2) is 24.4 Å². The van der Waals surface area contributed by atoms with Gasteiger partial charge in [-0.25, -0.2) is 4.98 Å². The Morgan fingerprint density at radius 1 is 1.30 bits per heavy atom. The fourth-order valence-electron chi connectivity index (χ4n) is 2.22. The molecular weight excluding hydrogens is 278 g/mol. The van der Waals surface area contributed by atoms with Crippen LogP contribution in [0.2, 0.25) is 5.15 Å². The second kappa shape index (κ2) is 5.34. The molecule has 0 saturated heterocycles. The number of hydrogen-bond acceptors (Lipinski definition) is 4. The van der Waals surface area contributed by atoms with Crippen LogP contribution in [0.3, 0.4) is 0 Å². The zero-order valence-electron chi connectivity index (χ0n) is 11.5. The Kier molecular flexibility index (Phi) is 3.54. The maximum Gasteiger partial charge on any atom is 0.231 e. The highest BCUT2D eigenvalue weighted by molar-refractivity contribution is 6.29. The minimum absolute atomic E-state index is 0.306. The molecule has 0 spiro atoms. The molecule has 2 aromatic rings. The van der Waals surface area contributed by atoms with Crippen LogP contribution in [0.5, 0.6) is 11.5 Å². The zero-order valence-corrected chi connectivity index (χ0v) is 12.2. The number of aromatic nitrogens is 2. The quantitative estimate of drug-likeness (QED) is 0.868.